The quantitative estimate of drug-likeness (QED) is 0.530. The SMILES string of the molecule is CC[N+](=C1NC(N)=[NH+][C@@]2(N1)C(=O)N(C)c1ccccc12)c1ccccc1. The first-order valence-corrected chi connectivity index (χ1v) is 8.60. The van der Waals surface area contributed by atoms with Crippen LogP contribution in [0, 0.1) is 0 Å². The normalized spacial score (nSPS) is 23.2. The first-order valence-electron chi connectivity index (χ1n) is 8.60. The van der Waals surface area contributed by atoms with E-state index in [0.717, 1.165) is 16.9 Å². The zero-order valence-electron chi connectivity index (χ0n) is 14.8. The van der Waals surface area contributed by atoms with Crippen molar-refractivity contribution in [1.29, 1.82) is 0 Å². The molecule has 0 aromatic heterocycles. The molecule has 0 fully saturated rings. The first-order chi connectivity index (χ1) is 12.6. The van der Waals surface area contributed by atoms with Crippen molar-refractivity contribution < 1.29 is 14.4 Å². The maximum Gasteiger partial charge on any atom is 0.364 e. The van der Waals surface area contributed by atoms with Gasteiger partial charge in [-0.15, -0.1) is 0 Å². The van der Waals surface area contributed by atoms with Gasteiger partial charge in [0, 0.05) is 7.05 Å². The maximum atomic E-state index is 13.2. The number of hydrogen-bond acceptors (Lipinski definition) is 2. The third kappa shape index (κ3) is 2.24. The Kier molecular flexibility index (Phi) is 3.64. The van der Waals surface area contributed by atoms with Crippen LogP contribution in [0.4, 0.5) is 11.4 Å². The summed E-state index contributed by atoms with van der Waals surface area (Å²) in [6.45, 7) is 2.75. The smallest absolute Gasteiger partial charge is 0.308 e. The van der Waals surface area contributed by atoms with Gasteiger partial charge in [-0.3, -0.25) is 10.5 Å². The number of benzene rings is 2. The molecule has 4 rings (SSSR count). The molecule has 0 radical (unpaired) electrons. The zero-order chi connectivity index (χ0) is 18.3. The van der Waals surface area contributed by atoms with E-state index >= 15 is 0 Å². The van der Waals surface area contributed by atoms with Crippen LogP contribution in [-0.4, -0.2) is 36.0 Å². The lowest BCUT2D eigenvalue weighted by Crippen LogP contribution is -2.99. The number of carbonyl (C=O) groups is 1. The minimum atomic E-state index is -1.13. The Morgan fingerprint density at radius 3 is 2.58 bits per heavy atom. The second-order valence-corrected chi connectivity index (χ2v) is 6.35. The van der Waals surface area contributed by atoms with Crippen molar-refractivity contribution in [2.24, 2.45) is 5.73 Å². The van der Waals surface area contributed by atoms with Crippen molar-refractivity contribution >= 4 is 29.2 Å². The fourth-order valence-corrected chi connectivity index (χ4v) is 3.61. The summed E-state index contributed by atoms with van der Waals surface area (Å²) in [5.74, 6) is 0.879. The average molecular weight is 350 g/mol. The van der Waals surface area contributed by atoms with Crippen LogP contribution in [0.25, 0.3) is 0 Å². The van der Waals surface area contributed by atoms with Gasteiger partial charge in [0.2, 0.25) is 0 Å². The van der Waals surface area contributed by atoms with Gasteiger partial charge in [0.15, 0.2) is 0 Å². The average Bonchev–Trinajstić information content (AvgIpc) is 2.85. The number of nitrogens with two attached hydrogens (primary N) is 1. The number of carbonyl (C=O) groups excluding carboxylic acids is 1. The molecule has 7 nitrogen and oxygen atoms in total. The van der Waals surface area contributed by atoms with Crippen LogP contribution in [0.1, 0.15) is 12.5 Å². The van der Waals surface area contributed by atoms with E-state index in [1.54, 1.807) is 11.9 Å². The van der Waals surface area contributed by atoms with Crippen molar-refractivity contribution in [3.05, 3.63) is 60.2 Å². The largest absolute Gasteiger partial charge is 0.364 e. The van der Waals surface area contributed by atoms with Gasteiger partial charge in [-0.2, -0.15) is 5.32 Å². The van der Waals surface area contributed by atoms with Crippen molar-refractivity contribution in [3.63, 3.8) is 0 Å². The van der Waals surface area contributed by atoms with E-state index in [-0.39, 0.29) is 5.91 Å². The fourth-order valence-electron chi connectivity index (χ4n) is 3.61. The van der Waals surface area contributed by atoms with E-state index in [9.17, 15) is 4.79 Å². The topological polar surface area (TPSA) is 87.4 Å². The highest BCUT2D eigenvalue weighted by Gasteiger charge is 2.57. The first kappa shape index (κ1) is 16.1. The summed E-state index contributed by atoms with van der Waals surface area (Å²) in [5, 5.41) is 6.50. The van der Waals surface area contributed by atoms with E-state index < -0.39 is 5.66 Å². The number of guanidine groups is 2. The maximum absolute atomic E-state index is 13.2. The van der Waals surface area contributed by atoms with Crippen LogP contribution in [0.3, 0.4) is 0 Å². The van der Waals surface area contributed by atoms with Crippen LogP contribution in [0.15, 0.2) is 54.6 Å². The zero-order valence-corrected chi connectivity index (χ0v) is 14.8. The molecule has 2 aliphatic rings. The summed E-state index contributed by atoms with van der Waals surface area (Å²) in [6.07, 6.45) is 0. The molecule has 26 heavy (non-hydrogen) atoms. The molecule has 0 unspecified atom stereocenters. The molecule has 1 atom stereocenters. The molecular weight excluding hydrogens is 328 g/mol. The van der Waals surface area contributed by atoms with E-state index in [0.29, 0.717) is 18.5 Å². The van der Waals surface area contributed by atoms with Crippen molar-refractivity contribution in [3.8, 4) is 0 Å². The molecule has 2 heterocycles. The lowest BCUT2D eigenvalue weighted by atomic mass is 10.0. The van der Waals surface area contributed by atoms with Crippen LogP contribution < -0.4 is 26.3 Å². The molecular formula is C19H22N6O+2. The van der Waals surface area contributed by atoms with Gasteiger partial charge >= 0.3 is 23.5 Å². The Morgan fingerprint density at radius 2 is 1.85 bits per heavy atom. The van der Waals surface area contributed by atoms with E-state index in [2.05, 4.69) is 15.6 Å². The highest BCUT2D eigenvalue weighted by molar-refractivity contribution is 6.09. The molecule has 2 aromatic rings. The van der Waals surface area contributed by atoms with Gasteiger partial charge in [-0.1, -0.05) is 30.3 Å². The molecule has 2 aliphatic heterocycles. The molecule has 7 heteroatoms. The second-order valence-electron chi connectivity index (χ2n) is 6.35. The van der Waals surface area contributed by atoms with Crippen molar-refractivity contribution in [2.75, 3.05) is 18.5 Å². The molecule has 2 aromatic carbocycles. The number of rotatable bonds is 2. The number of amides is 1. The standard InChI is InChI=1S/C19H20N6O/c1-3-25(13-9-5-4-6-10-13)18-21-17(20)22-19(23-18)14-11-7-8-12-15(14)24(2)16(19)26/h4-12H,3H2,1-2H3,(H3,20,21,22,23)/p+2/t19-/m0/s1. The van der Waals surface area contributed by atoms with Gasteiger partial charge in [0.1, 0.15) is 5.69 Å². The minimum Gasteiger partial charge on any atom is -0.308 e. The van der Waals surface area contributed by atoms with Gasteiger partial charge in [-0.05, 0) is 31.2 Å². The Hall–Kier alpha value is -3.35. The predicted molar refractivity (Wildman–Crippen MR) is 99.9 cm³/mol. The van der Waals surface area contributed by atoms with Crippen LogP contribution in [0.2, 0.25) is 0 Å². The highest BCUT2D eigenvalue weighted by Crippen LogP contribution is 2.35. The van der Waals surface area contributed by atoms with E-state index in [4.69, 9.17) is 5.73 Å². The Balaban J connectivity index is 1.89. The number of anilines is 1. The van der Waals surface area contributed by atoms with Crippen LogP contribution in [0.5, 0.6) is 0 Å². The Bertz CT molecular complexity index is 936. The summed E-state index contributed by atoms with van der Waals surface area (Å²) in [7, 11) is 1.77. The summed E-state index contributed by atoms with van der Waals surface area (Å²) in [6, 6.07) is 17.7. The van der Waals surface area contributed by atoms with Gasteiger partial charge in [-0.25, -0.2) is 14.9 Å². The number of hydrogen-bond donors (Lipinski definition) is 4. The monoisotopic (exact) mass is 350 g/mol. The summed E-state index contributed by atoms with van der Waals surface area (Å²) < 4.78 is 2.05. The fraction of sp³-hybridized carbons (Fsp3) is 0.211. The third-order valence-electron chi connectivity index (χ3n) is 4.83. The van der Waals surface area contributed by atoms with Crippen LogP contribution in [-0.2, 0) is 10.5 Å². The summed E-state index contributed by atoms with van der Waals surface area (Å²) in [4.78, 5) is 17.9. The molecule has 0 aliphatic carbocycles. The van der Waals surface area contributed by atoms with Crippen molar-refractivity contribution in [1.82, 2.24) is 10.6 Å². The van der Waals surface area contributed by atoms with Gasteiger partial charge in [0.05, 0.1) is 17.8 Å². The molecule has 0 saturated heterocycles. The lowest BCUT2D eigenvalue weighted by molar-refractivity contribution is -0.558. The second kappa shape index (κ2) is 5.87. The Morgan fingerprint density at radius 1 is 1.15 bits per heavy atom. The van der Waals surface area contributed by atoms with Gasteiger partial charge < -0.3 is 4.90 Å². The predicted octanol–water partition coefficient (Wildman–Crippen LogP) is -0.876. The minimum absolute atomic E-state index is 0.107. The van der Waals surface area contributed by atoms with E-state index in [1.807, 2.05) is 66.1 Å². The third-order valence-corrected chi connectivity index (χ3v) is 4.83. The van der Waals surface area contributed by atoms with Crippen LogP contribution >= 0.6 is 0 Å². The van der Waals surface area contributed by atoms with Crippen molar-refractivity contribution in [2.45, 2.75) is 12.6 Å². The Labute approximate surface area is 151 Å². The molecule has 5 N–H and O–H groups in total. The molecule has 0 saturated carbocycles. The molecule has 132 valence electrons. The molecule has 1 spiro atoms. The summed E-state index contributed by atoms with van der Waals surface area (Å²) in [5.41, 5.74) is 7.73. The summed E-state index contributed by atoms with van der Waals surface area (Å²) >= 11 is 0. The number of likely N-dealkylation sites (N-methyl/N-ethyl adjacent to an activating group) is 1. The molecule has 0 bridgehead atoms. The lowest BCUT2D eigenvalue weighted by Gasteiger charge is -2.26. The van der Waals surface area contributed by atoms with Gasteiger partial charge in [0.25, 0.3) is 0 Å². The van der Waals surface area contributed by atoms with E-state index in [1.165, 1.54) is 0 Å². The molecule has 1 amide bonds. The number of nitrogens with zero attached hydrogens (tertiary/aromatic N) is 2. The number of nitrogens with one attached hydrogen (secondary N) is 3. The number of para-hydroxylation sites is 2. The number of fused-ring (bicyclic) bond motifs is 2. The highest BCUT2D eigenvalue weighted by atomic mass is 16.2.